The van der Waals surface area contributed by atoms with E-state index in [-0.39, 0.29) is 23.2 Å². The Bertz CT molecular complexity index is 948. The Hall–Kier alpha value is -2.95. The number of carbonyl (C=O) groups excluding carboxylic acids is 1. The van der Waals surface area contributed by atoms with E-state index in [0.29, 0.717) is 10.8 Å². The molecule has 5 nitrogen and oxygen atoms in total. The number of hydrogen-bond acceptors (Lipinski definition) is 3. The van der Waals surface area contributed by atoms with Gasteiger partial charge in [0.2, 0.25) is 0 Å². The first-order chi connectivity index (χ1) is 11.5. The van der Waals surface area contributed by atoms with E-state index < -0.39 is 0 Å². The van der Waals surface area contributed by atoms with Crippen LogP contribution in [-0.4, -0.2) is 27.6 Å². The van der Waals surface area contributed by atoms with Gasteiger partial charge >= 0.3 is 0 Å². The van der Waals surface area contributed by atoms with Gasteiger partial charge in [-0.1, -0.05) is 48.5 Å². The van der Waals surface area contributed by atoms with Crippen LogP contribution in [0.25, 0.3) is 10.8 Å². The number of nitrogens with zero attached hydrogens (tertiary/aromatic N) is 3. The van der Waals surface area contributed by atoms with Crippen LogP contribution in [-0.2, 0) is 7.05 Å². The summed E-state index contributed by atoms with van der Waals surface area (Å²) < 4.78 is 1.22. The molecular weight excluding hydrogens is 302 g/mol. The molecule has 0 radical (unpaired) electrons. The predicted molar refractivity (Wildman–Crippen MR) is 93.9 cm³/mol. The van der Waals surface area contributed by atoms with Crippen LogP contribution in [0, 0.1) is 0 Å². The van der Waals surface area contributed by atoms with E-state index in [9.17, 15) is 9.59 Å². The largest absolute Gasteiger partial charge is 0.334 e. The standard InChI is InChI=1S/C19H19N3O2/c1-13(14-9-5-4-6-10-14)21(2)19(24)17-15-11-7-8-12-16(15)18(23)22(3)20-17/h4-13H,1-3H3/t13-/m0/s1. The summed E-state index contributed by atoms with van der Waals surface area (Å²) in [6, 6.07) is 16.8. The van der Waals surface area contributed by atoms with E-state index in [1.54, 1.807) is 43.3 Å². The molecular formula is C19H19N3O2. The Kier molecular flexibility index (Phi) is 4.16. The molecule has 122 valence electrons. The van der Waals surface area contributed by atoms with Gasteiger partial charge in [0.05, 0.1) is 11.4 Å². The molecule has 24 heavy (non-hydrogen) atoms. The van der Waals surface area contributed by atoms with Crippen LogP contribution < -0.4 is 5.56 Å². The van der Waals surface area contributed by atoms with Crippen molar-refractivity contribution in [3.05, 3.63) is 76.2 Å². The van der Waals surface area contributed by atoms with Gasteiger partial charge < -0.3 is 4.90 Å². The molecule has 0 fully saturated rings. The fraction of sp³-hybridized carbons (Fsp3) is 0.211. The van der Waals surface area contributed by atoms with Crippen molar-refractivity contribution >= 4 is 16.7 Å². The summed E-state index contributed by atoms with van der Waals surface area (Å²) >= 11 is 0. The SMILES string of the molecule is C[C@@H](c1ccccc1)N(C)C(=O)c1nn(C)c(=O)c2ccccc12. The third-order valence-electron chi connectivity index (χ3n) is 4.34. The van der Waals surface area contributed by atoms with Gasteiger partial charge in [-0.25, -0.2) is 4.68 Å². The molecule has 0 N–H and O–H groups in total. The first kappa shape index (κ1) is 15.9. The second-order valence-electron chi connectivity index (χ2n) is 5.83. The average Bonchev–Trinajstić information content (AvgIpc) is 2.63. The van der Waals surface area contributed by atoms with E-state index in [2.05, 4.69) is 5.10 Å². The normalized spacial score (nSPS) is 12.1. The molecule has 5 heteroatoms. The summed E-state index contributed by atoms with van der Waals surface area (Å²) in [5, 5.41) is 5.29. The average molecular weight is 321 g/mol. The van der Waals surface area contributed by atoms with Gasteiger partial charge in [-0.15, -0.1) is 0 Å². The van der Waals surface area contributed by atoms with Crippen LogP contribution in [0.15, 0.2) is 59.4 Å². The van der Waals surface area contributed by atoms with Gasteiger partial charge in [0.1, 0.15) is 0 Å². The highest BCUT2D eigenvalue weighted by molar-refractivity contribution is 6.04. The summed E-state index contributed by atoms with van der Waals surface area (Å²) in [7, 11) is 3.31. The third kappa shape index (κ3) is 2.69. The molecule has 1 amide bonds. The van der Waals surface area contributed by atoms with Gasteiger partial charge in [0.15, 0.2) is 5.69 Å². The summed E-state index contributed by atoms with van der Waals surface area (Å²) in [4.78, 5) is 26.8. The van der Waals surface area contributed by atoms with E-state index in [4.69, 9.17) is 0 Å². The van der Waals surface area contributed by atoms with Crippen molar-refractivity contribution in [2.24, 2.45) is 7.05 Å². The molecule has 0 aliphatic heterocycles. The molecule has 3 rings (SSSR count). The number of amides is 1. The zero-order valence-corrected chi connectivity index (χ0v) is 13.9. The molecule has 0 aliphatic rings. The number of fused-ring (bicyclic) bond motifs is 1. The number of aryl methyl sites for hydroxylation is 1. The second kappa shape index (κ2) is 6.28. The zero-order valence-electron chi connectivity index (χ0n) is 13.9. The minimum Gasteiger partial charge on any atom is -0.334 e. The molecule has 2 aromatic carbocycles. The molecule has 0 aliphatic carbocycles. The second-order valence-corrected chi connectivity index (χ2v) is 5.83. The van der Waals surface area contributed by atoms with Gasteiger partial charge in [-0.3, -0.25) is 9.59 Å². The number of carbonyl (C=O) groups is 1. The van der Waals surface area contributed by atoms with Crippen molar-refractivity contribution in [3.63, 3.8) is 0 Å². The molecule has 3 aromatic rings. The highest BCUT2D eigenvalue weighted by Gasteiger charge is 2.23. The monoisotopic (exact) mass is 321 g/mol. The third-order valence-corrected chi connectivity index (χ3v) is 4.34. The lowest BCUT2D eigenvalue weighted by Crippen LogP contribution is -2.33. The lowest BCUT2D eigenvalue weighted by Gasteiger charge is -2.25. The van der Waals surface area contributed by atoms with Crippen LogP contribution in [0.5, 0.6) is 0 Å². The summed E-state index contributed by atoms with van der Waals surface area (Å²) in [6.07, 6.45) is 0. The Morgan fingerprint density at radius 3 is 2.29 bits per heavy atom. The molecule has 1 heterocycles. The van der Waals surface area contributed by atoms with E-state index in [1.165, 1.54) is 4.68 Å². The van der Waals surface area contributed by atoms with Crippen LogP contribution in [0.1, 0.15) is 29.0 Å². The molecule has 0 spiro atoms. The Morgan fingerprint density at radius 2 is 1.62 bits per heavy atom. The van der Waals surface area contributed by atoms with Crippen molar-refractivity contribution in [1.29, 1.82) is 0 Å². The maximum atomic E-state index is 13.0. The van der Waals surface area contributed by atoms with Crippen LogP contribution in [0.3, 0.4) is 0 Å². The Labute approximate surface area is 140 Å². The summed E-state index contributed by atoms with van der Waals surface area (Å²) in [5.74, 6) is -0.210. The molecule has 0 saturated heterocycles. The van der Waals surface area contributed by atoms with Gasteiger partial charge in [0, 0.05) is 19.5 Å². The maximum Gasteiger partial charge on any atom is 0.275 e. The smallest absolute Gasteiger partial charge is 0.275 e. The first-order valence-electron chi connectivity index (χ1n) is 7.79. The van der Waals surface area contributed by atoms with E-state index >= 15 is 0 Å². The Morgan fingerprint density at radius 1 is 1.04 bits per heavy atom. The lowest BCUT2D eigenvalue weighted by molar-refractivity contribution is 0.0736. The highest BCUT2D eigenvalue weighted by atomic mass is 16.2. The fourth-order valence-corrected chi connectivity index (χ4v) is 2.76. The topological polar surface area (TPSA) is 55.2 Å². The van der Waals surface area contributed by atoms with Crippen molar-refractivity contribution in [2.75, 3.05) is 7.05 Å². The molecule has 1 atom stereocenters. The van der Waals surface area contributed by atoms with Gasteiger partial charge in [-0.2, -0.15) is 5.10 Å². The van der Waals surface area contributed by atoms with Gasteiger partial charge in [-0.05, 0) is 18.6 Å². The minimum atomic E-state index is -0.210. The van der Waals surface area contributed by atoms with Crippen LogP contribution in [0.2, 0.25) is 0 Å². The fourth-order valence-electron chi connectivity index (χ4n) is 2.76. The van der Waals surface area contributed by atoms with Crippen molar-refractivity contribution < 1.29 is 4.79 Å². The number of benzene rings is 2. The first-order valence-corrected chi connectivity index (χ1v) is 7.79. The van der Waals surface area contributed by atoms with E-state index in [1.807, 2.05) is 37.3 Å². The van der Waals surface area contributed by atoms with Gasteiger partial charge in [0.25, 0.3) is 11.5 Å². The maximum absolute atomic E-state index is 13.0. The molecule has 0 saturated carbocycles. The predicted octanol–water partition coefficient (Wildman–Crippen LogP) is 2.77. The van der Waals surface area contributed by atoms with Crippen molar-refractivity contribution in [1.82, 2.24) is 14.7 Å². The zero-order chi connectivity index (χ0) is 17.3. The van der Waals surface area contributed by atoms with Crippen molar-refractivity contribution in [2.45, 2.75) is 13.0 Å². The Balaban J connectivity index is 2.06. The number of rotatable bonds is 3. The molecule has 1 aromatic heterocycles. The van der Waals surface area contributed by atoms with E-state index in [0.717, 1.165) is 5.56 Å². The minimum absolute atomic E-state index is 0.100. The highest BCUT2D eigenvalue weighted by Crippen LogP contribution is 2.22. The van der Waals surface area contributed by atoms with Crippen molar-refractivity contribution in [3.8, 4) is 0 Å². The number of hydrogen-bond donors (Lipinski definition) is 0. The quantitative estimate of drug-likeness (QED) is 0.745. The molecule has 0 bridgehead atoms. The number of aromatic nitrogens is 2. The van der Waals surface area contributed by atoms with Crippen LogP contribution >= 0.6 is 0 Å². The summed E-state index contributed by atoms with van der Waals surface area (Å²) in [5.41, 5.74) is 1.13. The lowest BCUT2D eigenvalue weighted by atomic mass is 10.1. The molecule has 0 unspecified atom stereocenters. The summed E-state index contributed by atoms with van der Waals surface area (Å²) in [6.45, 7) is 1.97. The van der Waals surface area contributed by atoms with Crippen LogP contribution in [0.4, 0.5) is 0 Å².